The molecule has 27 heavy (non-hydrogen) atoms. The van der Waals surface area contributed by atoms with Crippen LogP contribution in [-0.2, 0) is 4.74 Å². The summed E-state index contributed by atoms with van der Waals surface area (Å²) < 4.78 is 10.9. The van der Waals surface area contributed by atoms with Crippen molar-refractivity contribution in [2.75, 3.05) is 5.32 Å². The minimum Gasteiger partial charge on any atom is -0.444 e. The van der Waals surface area contributed by atoms with Crippen LogP contribution in [0.3, 0.4) is 0 Å². The minimum atomic E-state index is -0.520. The second kappa shape index (κ2) is 7.91. The molecule has 0 saturated carbocycles. The fourth-order valence-electron chi connectivity index (χ4n) is 2.36. The van der Waals surface area contributed by atoms with E-state index in [-0.39, 0.29) is 0 Å². The number of amides is 1. The molecule has 0 spiro atoms. The van der Waals surface area contributed by atoms with Crippen LogP contribution in [0, 0.1) is 0 Å². The van der Waals surface area contributed by atoms with Crippen molar-refractivity contribution in [1.82, 2.24) is 4.98 Å². The van der Waals surface area contributed by atoms with E-state index in [0.29, 0.717) is 11.6 Å². The quantitative estimate of drug-likeness (QED) is 0.587. The Labute approximate surface area is 158 Å². The topological polar surface area (TPSA) is 64.4 Å². The van der Waals surface area contributed by atoms with E-state index in [1.165, 1.54) is 0 Å². The largest absolute Gasteiger partial charge is 0.444 e. The zero-order valence-electron chi connectivity index (χ0n) is 15.6. The van der Waals surface area contributed by atoms with E-state index in [0.717, 1.165) is 16.7 Å². The summed E-state index contributed by atoms with van der Waals surface area (Å²) in [5.41, 5.74) is 2.78. The molecule has 1 amide bonds. The normalized spacial score (nSPS) is 12.1. The first-order chi connectivity index (χ1) is 12.9. The molecule has 0 aliphatic rings. The Balaban J connectivity index is 1.56. The standard InChI is InChI=1S/C22H22N2O3/c1-22(2,3)27-21(25)23-17-14-12-16(13-15-17)8-4-7-11-20-24-18-9-5-6-10-19(18)26-20/h4-15H,1-3H3,(H,23,25)/b8-4+,11-7+. The van der Waals surface area contributed by atoms with Crippen LogP contribution in [0.15, 0.2) is 65.1 Å². The number of aromatic nitrogens is 1. The number of carbonyl (C=O) groups excluding carboxylic acids is 1. The highest BCUT2D eigenvalue weighted by Gasteiger charge is 2.15. The number of benzene rings is 2. The summed E-state index contributed by atoms with van der Waals surface area (Å²) in [5.74, 6) is 0.567. The highest BCUT2D eigenvalue weighted by Crippen LogP contribution is 2.16. The van der Waals surface area contributed by atoms with Gasteiger partial charge in [0.15, 0.2) is 5.58 Å². The van der Waals surface area contributed by atoms with Crippen LogP contribution in [0.2, 0.25) is 0 Å². The third-order valence-corrected chi connectivity index (χ3v) is 3.50. The highest BCUT2D eigenvalue weighted by atomic mass is 16.6. The van der Waals surface area contributed by atoms with Crippen molar-refractivity contribution in [2.24, 2.45) is 0 Å². The Hall–Kier alpha value is -3.34. The Morgan fingerprint density at radius 1 is 1.04 bits per heavy atom. The lowest BCUT2D eigenvalue weighted by Gasteiger charge is -2.19. The molecular weight excluding hydrogens is 340 g/mol. The van der Waals surface area contributed by atoms with Gasteiger partial charge in [0.2, 0.25) is 5.89 Å². The van der Waals surface area contributed by atoms with Crippen molar-refractivity contribution in [1.29, 1.82) is 0 Å². The van der Waals surface area contributed by atoms with Gasteiger partial charge in [0.05, 0.1) is 0 Å². The zero-order valence-corrected chi connectivity index (χ0v) is 15.6. The average Bonchev–Trinajstić information content (AvgIpc) is 3.01. The number of nitrogens with one attached hydrogen (secondary N) is 1. The van der Waals surface area contributed by atoms with Gasteiger partial charge in [-0.2, -0.15) is 0 Å². The molecule has 1 heterocycles. The zero-order chi connectivity index (χ0) is 19.3. The van der Waals surface area contributed by atoms with Crippen molar-refractivity contribution >= 4 is 35.0 Å². The Morgan fingerprint density at radius 2 is 1.74 bits per heavy atom. The number of hydrogen-bond donors (Lipinski definition) is 1. The lowest BCUT2D eigenvalue weighted by Crippen LogP contribution is -2.27. The van der Waals surface area contributed by atoms with Gasteiger partial charge in [-0.3, -0.25) is 5.32 Å². The molecule has 1 aromatic heterocycles. The smallest absolute Gasteiger partial charge is 0.412 e. The first kappa shape index (κ1) is 18.5. The molecule has 0 radical (unpaired) electrons. The summed E-state index contributed by atoms with van der Waals surface area (Å²) in [7, 11) is 0. The lowest BCUT2D eigenvalue weighted by atomic mass is 10.2. The summed E-state index contributed by atoms with van der Waals surface area (Å²) >= 11 is 0. The Kier molecular flexibility index (Phi) is 5.41. The maximum Gasteiger partial charge on any atom is 0.412 e. The van der Waals surface area contributed by atoms with Gasteiger partial charge in [-0.15, -0.1) is 0 Å². The molecule has 0 aliphatic carbocycles. The molecular formula is C22H22N2O3. The predicted octanol–water partition coefficient (Wildman–Crippen LogP) is 5.90. The van der Waals surface area contributed by atoms with Gasteiger partial charge in [-0.05, 0) is 50.6 Å². The molecule has 0 bridgehead atoms. The monoisotopic (exact) mass is 362 g/mol. The number of carbonyl (C=O) groups is 1. The fourth-order valence-corrected chi connectivity index (χ4v) is 2.36. The molecule has 0 unspecified atom stereocenters. The van der Waals surface area contributed by atoms with Crippen LogP contribution < -0.4 is 5.32 Å². The van der Waals surface area contributed by atoms with Crippen molar-refractivity contribution in [2.45, 2.75) is 26.4 Å². The van der Waals surface area contributed by atoms with Gasteiger partial charge in [-0.25, -0.2) is 9.78 Å². The molecule has 0 saturated heterocycles. The van der Waals surface area contributed by atoms with Crippen LogP contribution in [0.25, 0.3) is 23.3 Å². The van der Waals surface area contributed by atoms with Crippen LogP contribution in [-0.4, -0.2) is 16.7 Å². The lowest BCUT2D eigenvalue weighted by molar-refractivity contribution is 0.0636. The molecule has 0 atom stereocenters. The fraction of sp³-hybridized carbons (Fsp3) is 0.182. The number of anilines is 1. The second-order valence-corrected chi connectivity index (χ2v) is 6.99. The molecule has 3 aromatic rings. The van der Waals surface area contributed by atoms with Crippen molar-refractivity contribution in [3.63, 3.8) is 0 Å². The molecule has 5 heteroatoms. The molecule has 3 rings (SSSR count). The number of hydrogen-bond acceptors (Lipinski definition) is 4. The summed E-state index contributed by atoms with van der Waals surface area (Å²) in [6, 6.07) is 15.1. The number of allylic oxidation sites excluding steroid dienone is 2. The Bertz CT molecular complexity index is 944. The molecule has 2 aromatic carbocycles. The molecule has 5 nitrogen and oxygen atoms in total. The van der Waals surface area contributed by atoms with Gasteiger partial charge >= 0.3 is 6.09 Å². The number of nitrogens with zero attached hydrogens (tertiary/aromatic N) is 1. The van der Waals surface area contributed by atoms with Crippen LogP contribution in [0.5, 0.6) is 0 Å². The number of fused-ring (bicyclic) bond motifs is 1. The molecule has 0 aliphatic heterocycles. The van der Waals surface area contributed by atoms with Gasteiger partial charge in [0.25, 0.3) is 0 Å². The van der Waals surface area contributed by atoms with Gasteiger partial charge in [0.1, 0.15) is 11.1 Å². The van der Waals surface area contributed by atoms with Crippen molar-refractivity contribution < 1.29 is 13.9 Å². The first-order valence-electron chi connectivity index (χ1n) is 8.69. The summed E-state index contributed by atoms with van der Waals surface area (Å²) in [6.45, 7) is 5.48. The first-order valence-corrected chi connectivity index (χ1v) is 8.69. The minimum absolute atomic E-state index is 0.466. The van der Waals surface area contributed by atoms with Crippen LogP contribution >= 0.6 is 0 Å². The van der Waals surface area contributed by atoms with E-state index in [9.17, 15) is 4.79 Å². The number of oxazole rings is 1. The summed E-state index contributed by atoms with van der Waals surface area (Å²) in [4.78, 5) is 16.1. The van der Waals surface area contributed by atoms with Crippen molar-refractivity contribution in [3.05, 3.63) is 72.1 Å². The SMILES string of the molecule is CC(C)(C)OC(=O)Nc1ccc(/C=C/C=C/c2nc3ccccc3o2)cc1. The predicted molar refractivity (Wildman–Crippen MR) is 108 cm³/mol. The van der Waals surface area contributed by atoms with E-state index in [1.807, 2.05) is 93.6 Å². The Morgan fingerprint density at radius 3 is 2.44 bits per heavy atom. The van der Waals surface area contributed by atoms with E-state index >= 15 is 0 Å². The molecule has 138 valence electrons. The maximum absolute atomic E-state index is 11.8. The summed E-state index contributed by atoms with van der Waals surface area (Å²) in [5, 5.41) is 2.71. The highest BCUT2D eigenvalue weighted by molar-refractivity contribution is 5.85. The van der Waals surface area contributed by atoms with E-state index < -0.39 is 11.7 Å². The molecule has 0 fully saturated rings. The van der Waals surface area contributed by atoms with E-state index in [1.54, 1.807) is 0 Å². The number of rotatable bonds is 4. The molecule has 1 N–H and O–H groups in total. The summed E-state index contributed by atoms with van der Waals surface area (Å²) in [6.07, 6.45) is 7.08. The van der Waals surface area contributed by atoms with Crippen LogP contribution in [0.4, 0.5) is 10.5 Å². The second-order valence-electron chi connectivity index (χ2n) is 6.99. The third kappa shape index (κ3) is 5.57. The van der Waals surface area contributed by atoms with Gasteiger partial charge in [0, 0.05) is 11.8 Å². The average molecular weight is 362 g/mol. The number of ether oxygens (including phenoxy) is 1. The maximum atomic E-state index is 11.8. The van der Waals surface area contributed by atoms with Crippen LogP contribution in [0.1, 0.15) is 32.2 Å². The van der Waals surface area contributed by atoms with E-state index in [4.69, 9.17) is 9.15 Å². The van der Waals surface area contributed by atoms with Gasteiger partial charge < -0.3 is 9.15 Å². The van der Waals surface area contributed by atoms with E-state index in [2.05, 4.69) is 10.3 Å². The van der Waals surface area contributed by atoms with Gasteiger partial charge in [-0.1, -0.05) is 42.5 Å². The third-order valence-electron chi connectivity index (χ3n) is 3.50. The van der Waals surface area contributed by atoms with Crippen molar-refractivity contribution in [3.8, 4) is 0 Å². The number of para-hydroxylation sites is 2.